The van der Waals surface area contributed by atoms with E-state index in [1.807, 2.05) is 25.1 Å². The van der Waals surface area contributed by atoms with Crippen molar-refractivity contribution in [2.75, 3.05) is 6.61 Å². The van der Waals surface area contributed by atoms with Gasteiger partial charge in [-0.3, -0.25) is 4.79 Å². The lowest BCUT2D eigenvalue weighted by atomic mass is 9.84. The second-order valence-corrected chi connectivity index (χ2v) is 4.85. The van der Waals surface area contributed by atoms with Crippen molar-refractivity contribution in [3.63, 3.8) is 0 Å². The van der Waals surface area contributed by atoms with Gasteiger partial charge < -0.3 is 4.74 Å². The number of Topliss-reactive ketones (excluding diaryl/α,β-unsaturated/α-hetero) is 1. The quantitative estimate of drug-likeness (QED) is 0.738. The van der Waals surface area contributed by atoms with Crippen LogP contribution < -0.4 is 0 Å². The highest BCUT2D eigenvalue weighted by atomic mass is 16.5. The molecule has 0 bridgehead atoms. The van der Waals surface area contributed by atoms with E-state index in [0.717, 1.165) is 12.8 Å². The maximum absolute atomic E-state index is 12.1. The summed E-state index contributed by atoms with van der Waals surface area (Å²) in [6, 6.07) is 10.3. The Morgan fingerprint density at radius 1 is 1.24 bits per heavy atom. The summed E-state index contributed by atoms with van der Waals surface area (Å²) in [5, 5.41) is 0. The molecule has 0 saturated heterocycles. The number of hydrogen-bond acceptors (Lipinski definition) is 2. The molecule has 0 aromatic heterocycles. The summed E-state index contributed by atoms with van der Waals surface area (Å²) in [6.45, 7) is 2.71. The van der Waals surface area contributed by atoms with Gasteiger partial charge in [0.15, 0.2) is 5.76 Å². The molecule has 1 aromatic carbocycles. The monoisotopic (exact) mass is 228 g/mol. The number of ketones is 1. The van der Waals surface area contributed by atoms with Gasteiger partial charge in [0.1, 0.15) is 0 Å². The Bertz CT molecular complexity index is 473. The molecule has 1 unspecified atom stereocenters. The van der Waals surface area contributed by atoms with Crippen molar-refractivity contribution in [1.29, 1.82) is 0 Å². The molecule has 0 fully saturated rings. The Balaban J connectivity index is 2.05. The first kappa shape index (κ1) is 10.6. The van der Waals surface area contributed by atoms with E-state index in [0.29, 0.717) is 12.4 Å². The first-order valence-electron chi connectivity index (χ1n) is 6.24. The number of carbonyl (C=O) groups is 1. The molecule has 1 heterocycles. The van der Waals surface area contributed by atoms with Gasteiger partial charge in [0, 0.05) is 11.8 Å². The van der Waals surface area contributed by atoms with Crippen LogP contribution in [-0.4, -0.2) is 12.4 Å². The molecule has 88 valence electrons. The van der Waals surface area contributed by atoms with Crippen LogP contribution in [0.5, 0.6) is 0 Å². The molecule has 0 saturated carbocycles. The Labute approximate surface area is 101 Å². The van der Waals surface area contributed by atoms with Crippen molar-refractivity contribution < 1.29 is 9.53 Å². The minimum atomic E-state index is 0.0282. The van der Waals surface area contributed by atoms with E-state index in [1.54, 1.807) is 0 Å². The van der Waals surface area contributed by atoms with E-state index >= 15 is 0 Å². The Kier molecular flexibility index (Phi) is 2.50. The molecular formula is C15H16O2. The first-order chi connectivity index (χ1) is 8.29. The maximum Gasteiger partial charge on any atom is 0.201 e. The summed E-state index contributed by atoms with van der Waals surface area (Å²) in [4.78, 5) is 12.1. The van der Waals surface area contributed by atoms with E-state index in [9.17, 15) is 4.79 Å². The summed E-state index contributed by atoms with van der Waals surface area (Å²) < 4.78 is 5.57. The van der Waals surface area contributed by atoms with Crippen LogP contribution in [0.2, 0.25) is 0 Å². The number of rotatable bonds is 1. The third-order valence-electron chi connectivity index (χ3n) is 3.80. The van der Waals surface area contributed by atoms with Crippen molar-refractivity contribution in [2.24, 2.45) is 5.92 Å². The molecule has 2 heteroatoms. The second kappa shape index (κ2) is 4.02. The highest BCUT2D eigenvalue weighted by Gasteiger charge is 2.41. The van der Waals surface area contributed by atoms with Crippen LogP contribution in [-0.2, 0) is 9.53 Å². The molecular weight excluding hydrogens is 212 g/mol. The third kappa shape index (κ3) is 1.59. The van der Waals surface area contributed by atoms with Crippen LogP contribution in [0.25, 0.3) is 0 Å². The van der Waals surface area contributed by atoms with Gasteiger partial charge in [-0.15, -0.1) is 0 Å². The van der Waals surface area contributed by atoms with Crippen molar-refractivity contribution >= 4 is 5.78 Å². The van der Waals surface area contributed by atoms with Gasteiger partial charge in [-0.05, 0) is 24.0 Å². The summed E-state index contributed by atoms with van der Waals surface area (Å²) in [6.07, 6.45) is 2.03. The Morgan fingerprint density at radius 3 is 2.76 bits per heavy atom. The highest BCUT2D eigenvalue weighted by molar-refractivity contribution is 6.00. The average Bonchev–Trinajstić information content (AvgIpc) is 2.64. The molecule has 0 spiro atoms. The molecule has 1 aromatic rings. The fraction of sp³-hybridized carbons (Fsp3) is 0.400. The third-order valence-corrected chi connectivity index (χ3v) is 3.80. The largest absolute Gasteiger partial charge is 0.490 e. The van der Waals surface area contributed by atoms with Gasteiger partial charge >= 0.3 is 0 Å². The molecule has 2 atom stereocenters. The molecule has 1 aliphatic heterocycles. The van der Waals surface area contributed by atoms with Crippen LogP contribution in [0.15, 0.2) is 41.7 Å². The summed E-state index contributed by atoms with van der Waals surface area (Å²) >= 11 is 0. The van der Waals surface area contributed by atoms with Crippen LogP contribution in [0.4, 0.5) is 0 Å². The van der Waals surface area contributed by atoms with Crippen molar-refractivity contribution in [3.8, 4) is 0 Å². The van der Waals surface area contributed by atoms with Crippen molar-refractivity contribution in [2.45, 2.75) is 25.7 Å². The van der Waals surface area contributed by atoms with Gasteiger partial charge in [-0.25, -0.2) is 0 Å². The van der Waals surface area contributed by atoms with Crippen molar-refractivity contribution in [3.05, 3.63) is 47.2 Å². The van der Waals surface area contributed by atoms with Crippen LogP contribution in [0.3, 0.4) is 0 Å². The fourth-order valence-electron chi connectivity index (χ4n) is 2.98. The topological polar surface area (TPSA) is 26.3 Å². The summed E-state index contributed by atoms with van der Waals surface area (Å²) in [5.74, 6) is 1.12. The predicted molar refractivity (Wildman–Crippen MR) is 65.6 cm³/mol. The number of carbonyl (C=O) groups excluding carboxylic acids is 1. The zero-order chi connectivity index (χ0) is 11.8. The highest BCUT2D eigenvalue weighted by Crippen LogP contribution is 2.45. The minimum Gasteiger partial charge on any atom is -0.490 e. The van der Waals surface area contributed by atoms with Crippen LogP contribution >= 0.6 is 0 Å². The van der Waals surface area contributed by atoms with Gasteiger partial charge in [0.25, 0.3) is 0 Å². The first-order valence-corrected chi connectivity index (χ1v) is 6.24. The number of benzene rings is 1. The molecule has 0 N–H and O–H groups in total. The Morgan fingerprint density at radius 2 is 2.00 bits per heavy atom. The molecule has 3 rings (SSSR count). The van der Waals surface area contributed by atoms with E-state index in [-0.39, 0.29) is 17.6 Å². The van der Waals surface area contributed by atoms with E-state index in [4.69, 9.17) is 4.74 Å². The number of allylic oxidation sites excluding steroid dienone is 2. The summed E-state index contributed by atoms with van der Waals surface area (Å²) in [5.41, 5.74) is 2.46. The lowest BCUT2D eigenvalue weighted by molar-refractivity contribution is -0.121. The van der Waals surface area contributed by atoms with E-state index in [2.05, 4.69) is 12.1 Å². The van der Waals surface area contributed by atoms with E-state index < -0.39 is 0 Å². The van der Waals surface area contributed by atoms with Crippen LogP contribution in [0.1, 0.15) is 31.2 Å². The summed E-state index contributed by atoms with van der Waals surface area (Å²) in [7, 11) is 0. The second-order valence-electron chi connectivity index (χ2n) is 4.85. The SMILES string of the molecule is CC1C(=O)C2=C(CCCO2)[C@H]1c1ccccc1. The van der Waals surface area contributed by atoms with Gasteiger partial charge in [0.05, 0.1) is 6.61 Å². The zero-order valence-electron chi connectivity index (χ0n) is 9.98. The van der Waals surface area contributed by atoms with Gasteiger partial charge in [-0.2, -0.15) is 0 Å². The van der Waals surface area contributed by atoms with Crippen LogP contribution in [0, 0.1) is 5.92 Å². The maximum atomic E-state index is 12.1. The normalized spacial score (nSPS) is 27.9. The number of ether oxygens (including phenoxy) is 1. The molecule has 0 amide bonds. The predicted octanol–water partition coefficient (Wildman–Crippen LogP) is 3.05. The van der Waals surface area contributed by atoms with Gasteiger partial charge in [0.2, 0.25) is 5.78 Å². The number of hydrogen-bond donors (Lipinski definition) is 0. The Hall–Kier alpha value is -1.57. The molecule has 1 aliphatic carbocycles. The lowest BCUT2D eigenvalue weighted by Crippen LogP contribution is -2.13. The molecule has 2 aliphatic rings. The lowest BCUT2D eigenvalue weighted by Gasteiger charge is -2.20. The standard InChI is InChI=1S/C15H16O2/c1-10-13(11-6-3-2-4-7-11)12-8-5-9-17-15(12)14(10)16/h2-4,6-7,10,13H,5,8-9H2,1H3/t10?,13-/m1/s1. The van der Waals surface area contributed by atoms with E-state index in [1.165, 1.54) is 11.1 Å². The molecule has 0 radical (unpaired) electrons. The molecule has 17 heavy (non-hydrogen) atoms. The smallest absolute Gasteiger partial charge is 0.201 e. The molecule has 2 nitrogen and oxygen atoms in total. The van der Waals surface area contributed by atoms with Crippen molar-refractivity contribution in [1.82, 2.24) is 0 Å². The van der Waals surface area contributed by atoms with Gasteiger partial charge in [-0.1, -0.05) is 37.3 Å². The minimum absolute atomic E-state index is 0.0282. The average molecular weight is 228 g/mol. The fourth-order valence-corrected chi connectivity index (χ4v) is 2.98. The zero-order valence-corrected chi connectivity index (χ0v) is 9.98.